The molecular formula is C13H22N4O. The van der Waals surface area contributed by atoms with Crippen molar-refractivity contribution in [2.75, 3.05) is 13.1 Å². The number of likely N-dealkylation sites (tertiary alicyclic amines) is 1. The molecule has 0 amide bonds. The number of hydrogen-bond donors (Lipinski definition) is 1. The zero-order valence-corrected chi connectivity index (χ0v) is 11.1. The van der Waals surface area contributed by atoms with Gasteiger partial charge in [-0.3, -0.25) is 4.90 Å². The Hall–Kier alpha value is -0.940. The Balaban J connectivity index is 1.56. The lowest BCUT2D eigenvalue weighted by Gasteiger charge is -2.34. The normalized spacial score (nSPS) is 25.5. The quantitative estimate of drug-likeness (QED) is 0.858. The van der Waals surface area contributed by atoms with E-state index in [0.29, 0.717) is 11.9 Å². The first kappa shape index (κ1) is 12.1. The van der Waals surface area contributed by atoms with Gasteiger partial charge in [0.1, 0.15) is 0 Å². The second kappa shape index (κ2) is 5.36. The third kappa shape index (κ3) is 3.09. The minimum atomic E-state index is 0.631. The molecule has 1 N–H and O–H groups in total. The lowest BCUT2D eigenvalue weighted by atomic mass is 10.0. The second-order valence-corrected chi connectivity index (χ2v) is 5.52. The summed E-state index contributed by atoms with van der Waals surface area (Å²) in [6, 6.07) is 1.42. The third-order valence-corrected chi connectivity index (χ3v) is 3.87. The molecule has 3 rings (SSSR count). The monoisotopic (exact) mass is 250 g/mol. The van der Waals surface area contributed by atoms with Crippen LogP contribution in [0.15, 0.2) is 4.42 Å². The Morgan fingerprint density at radius 1 is 1.28 bits per heavy atom. The van der Waals surface area contributed by atoms with Crippen molar-refractivity contribution in [1.82, 2.24) is 20.4 Å². The fourth-order valence-corrected chi connectivity index (χ4v) is 2.66. The molecule has 1 aliphatic carbocycles. The van der Waals surface area contributed by atoms with Gasteiger partial charge in [-0.25, -0.2) is 0 Å². The number of piperidine rings is 1. The van der Waals surface area contributed by atoms with Crippen molar-refractivity contribution < 1.29 is 4.42 Å². The minimum absolute atomic E-state index is 0.631. The van der Waals surface area contributed by atoms with E-state index in [1.54, 1.807) is 0 Å². The van der Waals surface area contributed by atoms with E-state index in [2.05, 4.69) is 20.4 Å². The summed E-state index contributed by atoms with van der Waals surface area (Å²) in [7, 11) is 0. The first-order valence-corrected chi connectivity index (χ1v) is 7.07. The smallest absolute Gasteiger partial charge is 0.230 e. The maximum Gasteiger partial charge on any atom is 0.230 e. The van der Waals surface area contributed by atoms with E-state index in [4.69, 9.17) is 4.42 Å². The molecule has 1 atom stereocenters. The summed E-state index contributed by atoms with van der Waals surface area (Å²) in [5.74, 6) is 1.42. The zero-order chi connectivity index (χ0) is 12.4. The maximum absolute atomic E-state index is 5.49. The highest BCUT2D eigenvalue weighted by molar-refractivity contribution is 4.88. The van der Waals surface area contributed by atoms with Gasteiger partial charge in [-0.2, -0.15) is 0 Å². The summed E-state index contributed by atoms with van der Waals surface area (Å²) >= 11 is 0. The van der Waals surface area contributed by atoms with Gasteiger partial charge in [-0.05, 0) is 32.2 Å². The SMILES string of the molecule is Cc1nnc(CN2CCCCC2CNC2CC2)o1. The number of rotatable bonds is 5. The molecule has 0 aromatic carbocycles. The fourth-order valence-electron chi connectivity index (χ4n) is 2.66. The van der Waals surface area contributed by atoms with E-state index in [9.17, 15) is 0 Å². The molecule has 2 heterocycles. The van der Waals surface area contributed by atoms with Crippen molar-refractivity contribution in [3.05, 3.63) is 11.8 Å². The molecule has 1 aromatic rings. The molecule has 0 bridgehead atoms. The number of nitrogens with zero attached hydrogens (tertiary/aromatic N) is 3. The van der Waals surface area contributed by atoms with Crippen LogP contribution in [0.5, 0.6) is 0 Å². The molecule has 2 fully saturated rings. The molecular weight excluding hydrogens is 228 g/mol. The first-order chi connectivity index (χ1) is 8.81. The number of aryl methyl sites for hydroxylation is 1. The average Bonchev–Trinajstić information content (AvgIpc) is 3.12. The van der Waals surface area contributed by atoms with Gasteiger partial charge in [0.2, 0.25) is 11.8 Å². The van der Waals surface area contributed by atoms with Crippen LogP contribution in [0.1, 0.15) is 43.9 Å². The van der Waals surface area contributed by atoms with Gasteiger partial charge in [-0.15, -0.1) is 10.2 Å². The third-order valence-electron chi connectivity index (χ3n) is 3.87. The highest BCUT2D eigenvalue weighted by Gasteiger charge is 2.27. The van der Waals surface area contributed by atoms with Gasteiger partial charge in [0.15, 0.2) is 0 Å². The molecule has 1 saturated carbocycles. The van der Waals surface area contributed by atoms with Crippen LogP contribution in [0.4, 0.5) is 0 Å². The van der Waals surface area contributed by atoms with Crippen molar-refractivity contribution in [3.8, 4) is 0 Å². The van der Waals surface area contributed by atoms with E-state index in [0.717, 1.165) is 31.6 Å². The van der Waals surface area contributed by atoms with Crippen LogP contribution in [-0.2, 0) is 6.54 Å². The Bertz CT molecular complexity index is 388. The lowest BCUT2D eigenvalue weighted by molar-refractivity contribution is 0.125. The Labute approximate surface area is 108 Å². The molecule has 100 valence electrons. The largest absolute Gasteiger partial charge is 0.424 e. The summed E-state index contributed by atoms with van der Waals surface area (Å²) < 4.78 is 5.49. The first-order valence-electron chi connectivity index (χ1n) is 7.07. The molecule has 2 aliphatic rings. The predicted octanol–water partition coefficient (Wildman–Crippen LogP) is 1.48. The molecule has 5 heteroatoms. The van der Waals surface area contributed by atoms with E-state index >= 15 is 0 Å². The lowest BCUT2D eigenvalue weighted by Crippen LogP contribution is -2.45. The molecule has 0 spiro atoms. The van der Waals surface area contributed by atoms with E-state index in [-0.39, 0.29) is 0 Å². The molecule has 18 heavy (non-hydrogen) atoms. The maximum atomic E-state index is 5.49. The van der Waals surface area contributed by atoms with Crippen LogP contribution in [0.25, 0.3) is 0 Å². The van der Waals surface area contributed by atoms with Crippen LogP contribution in [0, 0.1) is 6.92 Å². The average molecular weight is 250 g/mol. The summed E-state index contributed by atoms with van der Waals surface area (Å²) in [5.41, 5.74) is 0. The second-order valence-electron chi connectivity index (χ2n) is 5.52. The molecule has 5 nitrogen and oxygen atoms in total. The fraction of sp³-hybridized carbons (Fsp3) is 0.846. The number of hydrogen-bond acceptors (Lipinski definition) is 5. The van der Waals surface area contributed by atoms with Crippen molar-refractivity contribution in [2.45, 2.75) is 57.7 Å². The summed E-state index contributed by atoms with van der Waals surface area (Å²) in [6.45, 7) is 4.91. The topological polar surface area (TPSA) is 54.2 Å². The van der Waals surface area contributed by atoms with Gasteiger partial charge in [0.25, 0.3) is 0 Å². The predicted molar refractivity (Wildman–Crippen MR) is 68.1 cm³/mol. The van der Waals surface area contributed by atoms with E-state index < -0.39 is 0 Å². The molecule has 1 unspecified atom stereocenters. The van der Waals surface area contributed by atoms with Crippen LogP contribution in [0.2, 0.25) is 0 Å². The van der Waals surface area contributed by atoms with Gasteiger partial charge >= 0.3 is 0 Å². The van der Waals surface area contributed by atoms with Gasteiger partial charge in [0.05, 0.1) is 6.54 Å². The molecule has 1 aliphatic heterocycles. The highest BCUT2D eigenvalue weighted by Crippen LogP contribution is 2.22. The van der Waals surface area contributed by atoms with Crippen LogP contribution < -0.4 is 5.32 Å². The van der Waals surface area contributed by atoms with Crippen molar-refractivity contribution in [1.29, 1.82) is 0 Å². The Kier molecular flexibility index (Phi) is 3.61. The van der Waals surface area contributed by atoms with Crippen molar-refractivity contribution in [3.63, 3.8) is 0 Å². The number of nitrogens with one attached hydrogen (secondary N) is 1. The molecule has 1 saturated heterocycles. The zero-order valence-electron chi connectivity index (χ0n) is 11.1. The molecule has 1 aromatic heterocycles. The minimum Gasteiger partial charge on any atom is -0.424 e. The van der Waals surface area contributed by atoms with Gasteiger partial charge < -0.3 is 9.73 Å². The Morgan fingerprint density at radius 3 is 2.89 bits per heavy atom. The Morgan fingerprint density at radius 2 is 2.17 bits per heavy atom. The highest BCUT2D eigenvalue weighted by atomic mass is 16.4. The summed E-state index contributed by atoms with van der Waals surface area (Å²) in [4.78, 5) is 2.49. The number of aromatic nitrogens is 2. The van der Waals surface area contributed by atoms with Gasteiger partial charge in [-0.1, -0.05) is 6.42 Å². The standard InChI is InChI=1S/C13H22N4O/c1-10-15-16-13(18-10)9-17-7-3-2-4-12(17)8-14-11-5-6-11/h11-12,14H,2-9H2,1H3. The van der Waals surface area contributed by atoms with Gasteiger partial charge in [0, 0.05) is 25.6 Å². The van der Waals surface area contributed by atoms with Crippen LogP contribution >= 0.6 is 0 Å². The van der Waals surface area contributed by atoms with E-state index in [1.807, 2.05) is 6.92 Å². The van der Waals surface area contributed by atoms with Crippen molar-refractivity contribution >= 4 is 0 Å². The van der Waals surface area contributed by atoms with Crippen molar-refractivity contribution in [2.24, 2.45) is 0 Å². The van der Waals surface area contributed by atoms with E-state index in [1.165, 1.54) is 32.1 Å². The van der Waals surface area contributed by atoms with Crippen LogP contribution in [0.3, 0.4) is 0 Å². The van der Waals surface area contributed by atoms with Crippen LogP contribution in [-0.4, -0.2) is 40.3 Å². The molecule has 0 radical (unpaired) electrons. The summed E-state index contributed by atoms with van der Waals surface area (Å²) in [5, 5.41) is 11.6. The summed E-state index contributed by atoms with van der Waals surface area (Å²) in [6.07, 6.45) is 6.63.